The minimum atomic E-state index is -0.606. The zero-order valence-electron chi connectivity index (χ0n) is 16.3. The summed E-state index contributed by atoms with van der Waals surface area (Å²) in [7, 11) is 0. The summed E-state index contributed by atoms with van der Waals surface area (Å²) in [6.45, 7) is 3.93. The predicted octanol–water partition coefficient (Wildman–Crippen LogP) is 2.43. The fourth-order valence-corrected chi connectivity index (χ4v) is 4.55. The van der Waals surface area contributed by atoms with Crippen molar-refractivity contribution in [2.24, 2.45) is 5.10 Å². The molecule has 5 rings (SSSR count). The average Bonchev–Trinajstić information content (AvgIpc) is 3.10. The van der Waals surface area contributed by atoms with Crippen molar-refractivity contribution >= 4 is 28.9 Å². The largest absolute Gasteiger partial charge is 0.356 e. The molecule has 3 aromatic rings. The van der Waals surface area contributed by atoms with E-state index < -0.39 is 11.6 Å². The summed E-state index contributed by atoms with van der Waals surface area (Å²) in [5.41, 5.74) is 3.35. The van der Waals surface area contributed by atoms with E-state index in [2.05, 4.69) is 21.1 Å². The lowest BCUT2D eigenvalue weighted by molar-refractivity contribution is -0.163. The van der Waals surface area contributed by atoms with Gasteiger partial charge in [0.2, 0.25) is 5.91 Å². The molecule has 0 saturated carbocycles. The third-order valence-electron chi connectivity index (χ3n) is 5.88. The summed E-state index contributed by atoms with van der Waals surface area (Å²) in [6.07, 6.45) is 5.39. The SMILES string of the molecule is CC1(C)c2[nH]c3ccccc3c2CC2C(=O)N(N=Cc3ccncc3)CC(=O)N21. The fraction of sp³-hybridized carbons (Fsp3) is 0.273. The number of piperazine rings is 1. The molecule has 1 saturated heterocycles. The zero-order valence-corrected chi connectivity index (χ0v) is 16.3. The van der Waals surface area contributed by atoms with Gasteiger partial charge in [0.15, 0.2) is 0 Å². The van der Waals surface area contributed by atoms with E-state index >= 15 is 0 Å². The van der Waals surface area contributed by atoms with Crippen molar-refractivity contribution in [1.29, 1.82) is 0 Å². The number of hydrogen-bond donors (Lipinski definition) is 1. The van der Waals surface area contributed by atoms with Crippen LogP contribution in [-0.4, -0.2) is 50.5 Å². The standard InChI is InChI=1S/C22H21N5O2/c1-22(2)20-16(15-5-3-4-6-17(15)25-20)11-18-21(29)26(13-19(28)27(18)22)24-12-14-7-9-23-10-8-14/h3-10,12,18,25H,11,13H2,1-2H3. The number of rotatable bonds is 2. The lowest BCUT2D eigenvalue weighted by Crippen LogP contribution is -2.66. The number of hydrazone groups is 1. The highest BCUT2D eigenvalue weighted by Crippen LogP contribution is 2.42. The van der Waals surface area contributed by atoms with Gasteiger partial charge in [-0.05, 0) is 43.2 Å². The van der Waals surface area contributed by atoms with E-state index in [9.17, 15) is 9.59 Å². The normalized spacial score (nSPS) is 21.0. The number of H-pyrrole nitrogens is 1. The fourth-order valence-electron chi connectivity index (χ4n) is 4.55. The molecule has 1 aromatic carbocycles. The van der Waals surface area contributed by atoms with Gasteiger partial charge in [-0.1, -0.05) is 18.2 Å². The number of carbonyl (C=O) groups excluding carboxylic acids is 2. The first-order valence-electron chi connectivity index (χ1n) is 9.64. The van der Waals surface area contributed by atoms with Crippen molar-refractivity contribution in [2.45, 2.75) is 31.8 Å². The monoisotopic (exact) mass is 387 g/mol. The second-order valence-electron chi connectivity index (χ2n) is 7.99. The number of amides is 2. The Morgan fingerprint density at radius 2 is 1.93 bits per heavy atom. The third-order valence-corrected chi connectivity index (χ3v) is 5.88. The summed E-state index contributed by atoms with van der Waals surface area (Å²) in [6, 6.07) is 11.1. The number of nitrogens with one attached hydrogen (secondary N) is 1. The van der Waals surface area contributed by atoms with Gasteiger partial charge in [0.1, 0.15) is 12.6 Å². The number of nitrogens with zero attached hydrogens (tertiary/aromatic N) is 4. The van der Waals surface area contributed by atoms with E-state index in [4.69, 9.17) is 0 Å². The number of fused-ring (bicyclic) bond motifs is 4. The molecule has 4 heterocycles. The first-order valence-corrected chi connectivity index (χ1v) is 9.64. The van der Waals surface area contributed by atoms with Crippen LogP contribution >= 0.6 is 0 Å². The Morgan fingerprint density at radius 3 is 2.72 bits per heavy atom. The highest BCUT2D eigenvalue weighted by molar-refractivity contribution is 5.98. The third kappa shape index (κ3) is 2.65. The number of pyridine rings is 1. The Labute approximate surface area is 168 Å². The molecular formula is C22H21N5O2. The van der Waals surface area contributed by atoms with Crippen LogP contribution in [0.4, 0.5) is 0 Å². The molecule has 7 heteroatoms. The van der Waals surface area contributed by atoms with Crippen molar-refractivity contribution < 1.29 is 9.59 Å². The van der Waals surface area contributed by atoms with Crippen LogP contribution in [0.1, 0.15) is 30.7 Å². The van der Waals surface area contributed by atoms with Gasteiger partial charge in [-0.3, -0.25) is 14.6 Å². The summed E-state index contributed by atoms with van der Waals surface area (Å²) < 4.78 is 0. The van der Waals surface area contributed by atoms with Crippen LogP contribution in [0.25, 0.3) is 10.9 Å². The van der Waals surface area contributed by atoms with Gasteiger partial charge in [-0.15, -0.1) is 0 Å². The van der Waals surface area contributed by atoms with Crippen molar-refractivity contribution in [3.8, 4) is 0 Å². The molecule has 29 heavy (non-hydrogen) atoms. The number of hydrogen-bond acceptors (Lipinski definition) is 4. The lowest BCUT2D eigenvalue weighted by atomic mass is 9.82. The van der Waals surface area contributed by atoms with Gasteiger partial charge >= 0.3 is 0 Å². The Morgan fingerprint density at radius 1 is 1.17 bits per heavy atom. The lowest BCUT2D eigenvalue weighted by Gasteiger charge is -2.50. The molecule has 1 N–H and O–H groups in total. The first kappa shape index (κ1) is 17.6. The molecule has 1 fully saturated rings. The van der Waals surface area contributed by atoms with Crippen molar-refractivity contribution in [3.05, 3.63) is 65.6 Å². The number of benzene rings is 1. The van der Waals surface area contributed by atoms with Gasteiger partial charge in [0.25, 0.3) is 5.91 Å². The molecule has 0 bridgehead atoms. The molecule has 2 aliphatic rings. The van der Waals surface area contributed by atoms with Crippen LogP contribution in [0, 0.1) is 0 Å². The van der Waals surface area contributed by atoms with Crippen molar-refractivity contribution in [2.75, 3.05) is 6.54 Å². The molecule has 1 atom stereocenters. The van der Waals surface area contributed by atoms with E-state index in [1.54, 1.807) is 35.6 Å². The highest BCUT2D eigenvalue weighted by atomic mass is 16.2. The van der Waals surface area contributed by atoms with Crippen molar-refractivity contribution in [1.82, 2.24) is 19.9 Å². The molecule has 2 amide bonds. The van der Waals surface area contributed by atoms with Crippen LogP contribution in [0.3, 0.4) is 0 Å². The number of aromatic nitrogens is 2. The number of para-hydroxylation sites is 1. The maximum Gasteiger partial charge on any atom is 0.266 e. The molecule has 146 valence electrons. The summed E-state index contributed by atoms with van der Waals surface area (Å²) in [5.74, 6) is -0.255. The maximum atomic E-state index is 13.3. The summed E-state index contributed by atoms with van der Waals surface area (Å²) in [5, 5.41) is 6.70. The van der Waals surface area contributed by atoms with Gasteiger partial charge < -0.3 is 9.88 Å². The molecule has 0 spiro atoms. The van der Waals surface area contributed by atoms with Crippen LogP contribution in [-0.2, 0) is 21.5 Å². The molecule has 0 aliphatic carbocycles. The summed E-state index contributed by atoms with van der Waals surface area (Å²) in [4.78, 5) is 35.5. The Kier molecular flexibility index (Phi) is 3.81. The Balaban J connectivity index is 1.54. The number of aromatic amines is 1. The topological polar surface area (TPSA) is 81.7 Å². The van der Waals surface area contributed by atoms with E-state index in [-0.39, 0.29) is 18.4 Å². The molecule has 1 unspecified atom stereocenters. The molecule has 0 radical (unpaired) electrons. The first-order chi connectivity index (χ1) is 14.0. The quantitative estimate of drug-likeness (QED) is 0.686. The molecular weight excluding hydrogens is 366 g/mol. The van der Waals surface area contributed by atoms with Crippen LogP contribution < -0.4 is 0 Å². The van der Waals surface area contributed by atoms with Crippen LogP contribution in [0.5, 0.6) is 0 Å². The average molecular weight is 387 g/mol. The smallest absolute Gasteiger partial charge is 0.266 e. The molecule has 7 nitrogen and oxygen atoms in total. The minimum absolute atomic E-state index is 0.0596. The minimum Gasteiger partial charge on any atom is -0.356 e. The van der Waals surface area contributed by atoms with Gasteiger partial charge in [-0.25, -0.2) is 5.01 Å². The van der Waals surface area contributed by atoms with Crippen molar-refractivity contribution in [3.63, 3.8) is 0 Å². The van der Waals surface area contributed by atoms with E-state index in [0.717, 1.165) is 27.7 Å². The Hall–Kier alpha value is -3.48. The summed E-state index contributed by atoms with van der Waals surface area (Å²) >= 11 is 0. The second-order valence-corrected chi connectivity index (χ2v) is 7.99. The molecule has 2 aliphatic heterocycles. The van der Waals surface area contributed by atoms with E-state index in [1.165, 1.54) is 5.01 Å². The zero-order chi connectivity index (χ0) is 20.2. The van der Waals surface area contributed by atoms with E-state index in [1.807, 2.05) is 32.0 Å². The number of carbonyl (C=O) groups is 2. The highest BCUT2D eigenvalue weighted by Gasteiger charge is 2.51. The second kappa shape index (κ2) is 6.27. The Bertz CT molecular complexity index is 1150. The maximum absolute atomic E-state index is 13.3. The predicted molar refractivity (Wildman–Crippen MR) is 109 cm³/mol. The molecule has 2 aromatic heterocycles. The van der Waals surface area contributed by atoms with Gasteiger partial charge in [-0.2, -0.15) is 5.10 Å². The van der Waals surface area contributed by atoms with Crippen LogP contribution in [0.15, 0.2) is 53.9 Å². The van der Waals surface area contributed by atoms with E-state index in [0.29, 0.717) is 6.42 Å². The van der Waals surface area contributed by atoms with Gasteiger partial charge in [0.05, 0.1) is 11.8 Å². The van der Waals surface area contributed by atoms with Crippen LogP contribution in [0.2, 0.25) is 0 Å². The van der Waals surface area contributed by atoms with Gasteiger partial charge in [0, 0.05) is 35.4 Å².